The fraction of sp³-hybridized carbons (Fsp3) is 0.967. The zero-order valence-corrected chi connectivity index (χ0v) is 25.2. The molecular weight excluding hydrogens is 552 g/mol. The Balaban J connectivity index is 1.72. The summed E-state index contributed by atoms with van der Waals surface area (Å²) in [4.78, 5) is 12.6. The first-order valence-corrected chi connectivity index (χ1v) is 15.9. The Bertz CT molecular complexity index is 737. The third kappa shape index (κ3) is 11.5. The summed E-state index contributed by atoms with van der Waals surface area (Å²) in [5, 5.41) is 81.1. The number of rotatable bonds is 19. The number of aliphatic hydroxyl groups excluding tert-OH is 8. The van der Waals surface area contributed by atoms with Crippen LogP contribution in [0, 0.1) is 5.92 Å². The summed E-state index contributed by atoms with van der Waals surface area (Å²) in [6.45, 7) is 3.81. The van der Waals surface area contributed by atoms with E-state index in [-0.39, 0.29) is 6.42 Å². The lowest BCUT2D eigenvalue weighted by Gasteiger charge is -2.46. The van der Waals surface area contributed by atoms with Gasteiger partial charge in [0.1, 0.15) is 54.9 Å². The van der Waals surface area contributed by atoms with Gasteiger partial charge in [-0.3, -0.25) is 4.79 Å². The lowest BCUT2D eigenvalue weighted by atomic mass is 9.84. The van der Waals surface area contributed by atoms with Crippen molar-refractivity contribution in [2.75, 3.05) is 6.61 Å². The van der Waals surface area contributed by atoms with Crippen LogP contribution in [0.5, 0.6) is 0 Å². The number of carbonyl (C=O) groups is 1. The zero-order chi connectivity index (χ0) is 31.2. The minimum Gasteiger partial charge on any atom is -0.457 e. The molecule has 1 aliphatic carbocycles. The predicted octanol–water partition coefficient (Wildman–Crippen LogP) is 0.658. The Kier molecular flexibility index (Phi) is 17.3. The standard InChI is InChI=1S/C30H56O12/c1-18(2)15-13-11-9-7-5-3-4-6-8-10-12-14-16-20(32)41-28-25(37)23(35)24(36)26(38)29(28)42-30-27(39)22(34)21(33)19(17-31)40-30/h18-19,21-31,33-39H,3-17H2,1-2H3/t19-,21-,22+,23+,24-,25+,26-,27-,28-,29-,30+/m1/s1. The largest absolute Gasteiger partial charge is 0.457 e. The van der Waals surface area contributed by atoms with E-state index in [0.29, 0.717) is 6.42 Å². The third-order valence-electron chi connectivity index (χ3n) is 8.37. The molecule has 0 spiro atoms. The SMILES string of the molecule is CC(C)CCCCCCCCCCCCCCC(=O)O[C@@H]1[C@@H](O)[C@@H](O)[C@@H](O)[C@@H](O)[C@H]1O[C@@H]1O[C@H](CO)[C@@H](O)[C@H](O)[C@H]1O. The molecule has 0 unspecified atom stereocenters. The molecule has 0 aromatic heterocycles. The maximum absolute atomic E-state index is 12.6. The molecule has 42 heavy (non-hydrogen) atoms. The van der Waals surface area contributed by atoms with Crippen molar-refractivity contribution < 1.29 is 59.9 Å². The fourth-order valence-electron chi connectivity index (χ4n) is 5.61. The smallest absolute Gasteiger partial charge is 0.306 e. The summed E-state index contributed by atoms with van der Waals surface area (Å²) in [6, 6.07) is 0. The molecule has 1 aliphatic heterocycles. The molecule has 0 amide bonds. The molecular formula is C30H56O12. The van der Waals surface area contributed by atoms with Crippen LogP contribution in [-0.2, 0) is 19.0 Å². The molecule has 1 saturated carbocycles. The van der Waals surface area contributed by atoms with Gasteiger partial charge < -0.3 is 55.1 Å². The molecule has 2 aliphatic rings. The van der Waals surface area contributed by atoms with Gasteiger partial charge in [0.25, 0.3) is 0 Å². The summed E-state index contributed by atoms with van der Waals surface area (Å²) < 4.78 is 16.2. The minimum atomic E-state index is -1.88. The average molecular weight is 609 g/mol. The normalized spacial score (nSPS) is 35.5. The van der Waals surface area contributed by atoms with Crippen molar-refractivity contribution in [2.24, 2.45) is 5.92 Å². The van der Waals surface area contributed by atoms with Crippen molar-refractivity contribution in [1.29, 1.82) is 0 Å². The molecule has 2 rings (SSSR count). The molecule has 1 saturated heterocycles. The highest BCUT2D eigenvalue weighted by molar-refractivity contribution is 5.69. The van der Waals surface area contributed by atoms with Gasteiger partial charge in [-0.2, -0.15) is 0 Å². The molecule has 8 N–H and O–H groups in total. The van der Waals surface area contributed by atoms with Crippen molar-refractivity contribution in [1.82, 2.24) is 0 Å². The molecule has 248 valence electrons. The van der Waals surface area contributed by atoms with Gasteiger partial charge in [0.2, 0.25) is 0 Å². The van der Waals surface area contributed by atoms with Crippen LogP contribution in [0.15, 0.2) is 0 Å². The van der Waals surface area contributed by atoms with E-state index in [1.165, 1.54) is 51.4 Å². The Labute approximate surface area is 249 Å². The number of hydrogen-bond donors (Lipinski definition) is 8. The van der Waals surface area contributed by atoms with E-state index in [0.717, 1.165) is 31.6 Å². The Hall–Kier alpha value is -0.930. The molecule has 0 aromatic rings. The van der Waals surface area contributed by atoms with E-state index in [1.54, 1.807) is 0 Å². The highest BCUT2D eigenvalue weighted by Crippen LogP contribution is 2.31. The van der Waals surface area contributed by atoms with Crippen LogP contribution in [0.2, 0.25) is 0 Å². The maximum atomic E-state index is 12.6. The van der Waals surface area contributed by atoms with Gasteiger partial charge in [-0.05, 0) is 12.3 Å². The second-order valence-corrected chi connectivity index (χ2v) is 12.4. The van der Waals surface area contributed by atoms with Crippen LogP contribution in [0.1, 0.15) is 104 Å². The Morgan fingerprint density at radius 3 is 1.57 bits per heavy atom. The van der Waals surface area contributed by atoms with Crippen molar-refractivity contribution in [3.8, 4) is 0 Å². The summed E-state index contributed by atoms with van der Waals surface area (Å²) >= 11 is 0. The van der Waals surface area contributed by atoms with E-state index < -0.39 is 79.9 Å². The van der Waals surface area contributed by atoms with Gasteiger partial charge in [0.05, 0.1) is 6.61 Å². The van der Waals surface area contributed by atoms with Crippen LogP contribution in [0.25, 0.3) is 0 Å². The quantitative estimate of drug-likeness (QED) is 0.0752. The van der Waals surface area contributed by atoms with E-state index in [1.807, 2.05) is 0 Å². The number of carbonyl (C=O) groups excluding carboxylic acids is 1. The van der Waals surface area contributed by atoms with Crippen molar-refractivity contribution in [3.63, 3.8) is 0 Å². The molecule has 0 bridgehead atoms. The highest BCUT2D eigenvalue weighted by Gasteiger charge is 2.54. The van der Waals surface area contributed by atoms with E-state index in [2.05, 4.69) is 13.8 Å². The molecule has 12 heteroatoms. The van der Waals surface area contributed by atoms with Gasteiger partial charge in [-0.25, -0.2) is 0 Å². The van der Waals surface area contributed by atoms with Crippen molar-refractivity contribution in [2.45, 2.75) is 171 Å². The Morgan fingerprint density at radius 2 is 1.07 bits per heavy atom. The summed E-state index contributed by atoms with van der Waals surface area (Å²) in [6.07, 6.45) is -4.06. The van der Waals surface area contributed by atoms with Crippen LogP contribution < -0.4 is 0 Å². The van der Waals surface area contributed by atoms with Crippen LogP contribution in [0.3, 0.4) is 0 Å². The number of ether oxygens (including phenoxy) is 3. The molecule has 12 nitrogen and oxygen atoms in total. The lowest BCUT2D eigenvalue weighted by Crippen LogP contribution is -2.67. The second kappa shape index (κ2) is 19.5. The third-order valence-corrected chi connectivity index (χ3v) is 8.37. The number of unbranched alkanes of at least 4 members (excludes halogenated alkanes) is 11. The van der Waals surface area contributed by atoms with E-state index >= 15 is 0 Å². The first-order valence-electron chi connectivity index (χ1n) is 15.9. The molecule has 1 heterocycles. The van der Waals surface area contributed by atoms with Crippen LogP contribution in [0.4, 0.5) is 0 Å². The van der Waals surface area contributed by atoms with Gasteiger partial charge in [-0.15, -0.1) is 0 Å². The van der Waals surface area contributed by atoms with Gasteiger partial charge >= 0.3 is 5.97 Å². The number of hydrogen-bond acceptors (Lipinski definition) is 12. The molecule has 0 radical (unpaired) electrons. The Morgan fingerprint density at radius 1 is 0.619 bits per heavy atom. The van der Waals surface area contributed by atoms with Gasteiger partial charge in [0.15, 0.2) is 12.4 Å². The van der Waals surface area contributed by atoms with Crippen LogP contribution >= 0.6 is 0 Å². The fourth-order valence-corrected chi connectivity index (χ4v) is 5.61. The van der Waals surface area contributed by atoms with E-state index in [4.69, 9.17) is 14.2 Å². The summed E-state index contributed by atoms with van der Waals surface area (Å²) in [5.74, 6) is 0.0872. The first kappa shape index (κ1) is 37.3. The van der Waals surface area contributed by atoms with Crippen molar-refractivity contribution >= 4 is 5.97 Å². The summed E-state index contributed by atoms with van der Waals surface area (Å²) in [5.41, 5.74) is 0. The lowest BCUT2D eigenvalue weighted by molar-refractivity contribution is -0.340. The highest BCUT2D eigenvalue weighted by atomic mass is 16.7. The van der Waals surface area contributed by atoms with Crippen molar-refractivity contribution in [3.05, 3.63) is 0 Å². The average Bonchev–Trinajstić information content (AvgIpc) is 2.96. The first-order chi connectivity index (χ1) is 20.0. The monoisotopic (exact) mass is 608 g/mol. The molecule has 2 fully saturated rings. The number of aliphatic hydroxyl groups is 8. The maximum Gasteiger partial charge on any atom is 0.306 e. The zero-order valence-electron chi connectivity index (χ0n) is 25.2. The minimum absolute atomic E-state index is 0.0293. The number of esters is 1. The predicted molar refractivity (Wildman–Crippen MR) is 152 cm³/mol. The van der Waals surface area contributed by atoms with E-state index in [9.17, 15) is 45.6 Å². The summed E-state index contributed by atoms with van der Waals surface area (Å²) in [7, 11) is 0. The molecule has 0 aromatic carbocycles. The van der Waals surface area contributed by atoms with Gasteiger partial charge in [0, 0.05) is 6.42 Å². The van der Waals surface area contributed by atoms with Gasteiger partial charge in [-0.1, -0.05) is 90.9 Å². The molecule has 11 atom stereocenters. The second-order valence-electron chi connectivity index (χ2n) is 12.4. The topological polar surface area (TPSA) is 207 Å². The van der Waals surface area contributed by atoms with Crippen LogP contribution in [-0.4, -0.2) is 121 Å².